The van der Waals surface area contributed by atoms with Gasteiger partial charge in [0.2, 0.25) is 0 Å². The predicted molar refractivity (Wildman–Crippen MR) is 276 cm³/mol. The van der Waals surface area contributed by atoms with Gasteiger partial charge in [-0.25, -0.2) is 0 Å². The SMILES string of the molecule is Cc1ccc(-c2cc(-c3ccccc3)cc(-c3ccccc3)c2)c2c1[CH]([Zr+2]1([CH]3C(C(C)C)=Cc4c(-c5cc(-c6ccccc6)cc(-c6ccccc6)c5)ccc(C)c43)[CH2][CH2]1)C(C(C)C)=C2.[Cl-].[Cl-]. The zero-order chi connectivity index (χ0) is 44.4. The summed E-state index contributed by atoms with van der Waals surface area (Å²) in [6.45, 7) is 14.7. The molecule has 0 nitrogen and oxygen atoms in total. The molecule has 11 rings (SSSR count). The van der Waals surface area contributed by atoms with Gasteiger partial charge in [-0.1, -0.05) is 0 Å². The monoisotopic (exact) mass is 986 g/mol. The molecule has 0 aromatic heterocycles. The fourth-order valence-corrected chi connectivity index (χ4v) is 30.4. The molecule has 2 unspecified atom stereocenters. The van der Waals surface area contributed by atoms with Gasteiger partial charge in [0, 0.05) is 0 Å². The van der Waals surface area contributed by atoms with Crippen LogP contribution in [0.4, 0.5) is 0 Å². The Kier molecular flexibility index (Phi) is 13.3. The minimum atomic E-state index is -3.14. The van der Waals surface area contributed by atoms with Crippen molar-refractivity contribution in [3.63, 3.8) is 0 Å². The summed E-state index contributed by atoms with van der Waals surface area (Å²) in [6, 6.07) is 68.1. The van der Waals surface area contributed by atoms with E-state index in [-0.39, 0.29) is 24.8 Å². The van der Waals surface area contributed by atoms with Crippen LogP contribution in [0.1, 0.15) is 68.3 Å². The van der Waals surface area contributed by atoms with Crippen LogP contribution in [-0.2, 0) is 20.3 Å². The topological polar surface area (TPSA) is 0 Å². The Morgan fingerprint density at radius 1 is 0.358 bits per heavy atom. The minimum absolute atomic E-state index is 0. The van der Waals surface area contributed by atoms with E-state index in [0.29, 0.717) is 19.1 Å². The van der Waals surface area contributed by atoms with Gasteiger partial charge < -0.3 is 24.8 Å². The Labute approximate surface area is 416 Å². The van der Waals surface area contributed by atoms with Crippen molar-refractivity contribution in [2.45, 2.75) is 57.1 Å². The zero-order valence-corrected chi connectivity index (χ0v) is 43.4. The van der Waals surface area contributed by atoms with E-state index in [1.807, 2.05) is 0 Å². The van der Waals surface area contributed by atoms with Gasteiger partial charge in [-0.05, 0) is 0 Å². The molecule has 0 bridgehead atoms. The van der Waals surface area contributed by atoms with Crippen molar-refractivity contribution in [3.05, 3.63) is 227 Å². The fourth-order valence-electron chi connectivity index (χ4n) is 11.8. The molecule has 3 heteroatoms. The first-order chi connectivity index (χ1) is 31.7. The van der Waals surface area contributed by atoms with Crippen LogP contribution in [0.15, 0.2) is 193 Å². The molecule has 1 heterocycles. The molecule has 0 radical (unpaired) electrons. The normalized spacial score (nSPS) is 15.9. The van der Waals surface area contributed by atoms with Gasteiger partial charge in [0.25, 0.3) is 0 Å². The number of halogens is 2. The number of aryl methyl sites for hydroxylation is 2. The van der Waals surface area contributed by atoms with Crippen LogP contribution in [0.2, 0.25) is 8.26 Å². The molecule has 332 valence electrons. The number of fused-ring (bicyclic) bond motifs is 2. The molecule has 67 heavy (non-hydrogen) atoms. The maximum absolute atomic E-state index is 3.14. The van der Waals surface area contributed by atoms with Crippen molar-refractivity contribution in [3.8, 4) is 66.8 Å². The van der Waals surface area contributed by atoms with E-state index in [1.165, 1.54) is 97.3 Å². The van der Waals surface area contributed by atoms with Crippen molar-refractivity contribution in [2.24, 2.45) is 11.8 Å². The Bertz CT molecular complexity index is 2830. The predicted octanol–water partition coefficient (Wildman–Crippen LogP) is 12.2. The van der Waals surface area contributed by atoms with Crippen LogP contribution in [-0.4, -0.2) is 0 Å². The van der Waals surface area contributed by atoms with Crippen LogP contribution in [0.3, 0.4) is 0 Å². The van der Waals surface area contributed by atoms with Gasteiger partial charge in [-0.2, -0.15) is 0 Å². The Balaban J connectivity index is 0.00000281. The van der Waals surface area contributed by atoms with Crippen LogP contribution in [0.25, 0.3) is 78.9 Å². The van der Waals surface area contributed by atoms with Crippen LogP contribution >= 0.6 is 0 Å². The minimum Gasteiger partial charge on any atom is -1.00 e. The summed E-state index contributed by atoms with van der Waals surface area (Å²) in [7, 11) is 0. The fraction of sp³-hybridized carbons (Fsp3) is 0.188. The number of benzene rings is 8. The van der Waals surface area contributed by atoms with E-state index in [4.69, 9.17) is 0 Å². The van der Waals surface area contributed by atoms with E-state index in [9.17, 15) is 0 Å². The van der Waals surface area contributed by atoms with Gasteiger partial charge in [0.05, 0.1) is 0 Å². The molecule has 0 saturated carbocycles. The van der Waals surface area contributed by atoms with Crippen molar-refractivity contribution >= 4 is 12.2 Å². The summed E-state index contributed by atoms with van der Waals surface area (Å²) in [6.07, 6.45) is 5.39. The number of hydrogen-bond donors (Lipinski definition) is 0. The number of rotatable bonds is 10. The van der Waals surface area contributed by atoms with Gasteiger partial charge in [0.15, 0.2) is 0 Å². The third-order valence-corrected chi connectivity index (χ3v) is 27.9. The second-order valence-electron chi connectivity index (χ2n) is 19.8. The Morgan fingerprint density at radius 2 is 0.642 bits per heavy atom. The maximum atomic E-state index is 2.69. The second kappa shape index (κ2) is 19.0. The summed E-state index contributed by atoms with van der Waals surface area (Å²) >= 11 is -3.14. The molecule has 0 spiro atoms. The molecule has 8 aromatic rings. The van der Waals surface area contributed by atoms with Crippen molar-refractivity contribution in [1.29, 1.82) is 0 Å². The molecular weight excluding hydrogens is 931 g/mol. The molecule has 0 amide bonds. The average Bonchev–Trinajstić information content (AvgIpc) is 3.84. The van der Waals surface area contributed by atoms with Gasteiger partial charge in [-0.3, -0.25) is 0 Å². The Hall–Kier alpha value is -5.30. The molecule has 1 aliphatic heterocycles. The zero-order valence-electron chi connectivity index (χ0n) is 39.5. The summed E-state index contributed by atoms with van der Waals surface area (Å²) in [5.74, 6) is 0.947. The molecular formula is C64H58Cl2Zr. The molecule has 0 N–H and O–H groups in total. The number of hydrogen-bond acceptors (Lipinski definition) is 0. The van der Waals surface area contributed by atoms with E-state index in [1.54, 1.807) is 22.3 Å². The molecule has 3 aliphatic rings. The third kappa shape index (κ3) is 8.41. The van der Waals surface area contributed by atoms with Gasteiger partial charge >= 0.3 is 395 Å². The van der Waals surface area contributed by atoms with Crippen molar-refractivity contribution in [1.82, 2.24) is 0 Å². The quantitative estimate of drug-likeness (QED) is 0.128. The molecule has 1 saturated heterocycles. The van der Waals surface area contributed by atoms with Crippen molar-refractivity contribution < 1.29 is 45.1 Å². The van der Waals surface area contributed by atoms with Crippen molar-refractivity contribution in [2.75, 3.05) is 0 Å². The first-order valence-electron chi connectivity index (χ1n) is 23.9. The van der Waals surface area contributed by atoms with E-state index in [0.717, 1.165) is 0 Å². The summed E-state index contributed by atoms with van der Waals surface area (Å²) in [4.78, 5) is 0. The van der Waals surface area contributed by atoms with E-state index in [2.05, 4.69) is 236 Å². The van der Waals surface area contributed by atoms with E-state index >= 15 is 0 Å². The first kappa shape index (κ1) is 46.8. The first-order valence-corrected chi connectivity index (χ1v) is 30.2. The average molecular weight is 989 g/mol. The summed E-state index contributed by atoms with van der Waals surface area (Å²) < 4.78 is 3.98. The molecule has 2 aliphatic carbocycles. The molecule has 1 fully saturated rings. The van der Waals surface area contributed by atoms with E-state index < -0.39 is 20.3 Å². The van der Waals surface area contributed by atoms with Gasteiger partial charge in [-0.15, -0.1) is 0 Å². The Morgan fingerprint density at radius 3 is 0.910 bits per heavy atom. The second-order valence-corrected chi connectivity index (χ2v) is 31.1. The smallest absolute Gasteiger partial charge is 1.00 e. The van der Waals surface area contributed by atoms with Gasteiger partial charge in [0.1, 0.15) is 0 Å². The van der Waals surface area contributed by atoms with Crippen LogP contribution < -0.4 is 24.8 Å². The van der Waals surface area contributed by atoms with Crippen LogP contribution in [0.5, 0.6) is 0 Å². The molecule has 8 aromatic carbocycles. The molecule has 2 atom stereocenters. The summed E-state index contributed by atoms with van der Waals surface area (Å²) in [5.41, 5.74) is 28.0. The van der Waals surface area contributed by atoms with Crippen LogP contribution in [0, 0.1) is 25.7 Å². The number of allylic oxidation sites excluding steroid dienone is 2. The maximum Gasteiger partial charge on any atom is -1.00 e. The summed E-state index contributed by atoms with van der Waals surface area (Å²) in [5, 5.41) is 0. The third-order valence-electron chi connectivity index (χ3n) is 15.1. The largest absolute Gasteiger partial charge is 1.00 e. The standard InChI is InChI=1S/2C31H27.C2H4.2ClH.Zr/c2*1-21(2)25-19-30-22(3)14-15-29(31(30)20-25)28-17-26(23-10-6-4-7-11-23)16-27(18-28)24-12-8-5-9-13-24;1-2;;;/h2*4-21H,1-3H3;1-2H2;2*1H;/q;;;;;+2/p-2.